The Labute approximate surface area is 85.5 Å². The summed E-state index contributed by atoms with van der Waals surface area (Å²) in [5.74, 6) is -0.555. The summed E-state index contributed by atoms with van der Waals surface area (Å²) in [6.07, 6.45) is 1.17. The monoisotopic (exact) mass is 210 g/mol. The topological polar surface area (TPSA) is 82.8 Å². The third kappa shape index (κ3) is 1.93. The van der Waals surface area contributed by atoms with Gasteiger partial charge in [0.1, 0.15) is 12.0 Å². The van der Waals surface area contributed by atoms with Crippen LogP contribution in [0, 0.1) is 0 Å². The number of furan rings is 1. The molecule has 6 nitrogen and oxygen atoms in total. The van der Waals surface area contributed by atoms with E-state index in [1.165, 1.54) is 12.3 Å². The Balaban J connectivity index is 2.04. The molecule has 0 saturated carbocycles. The van der Waals surface area contributed by atoms with Crippen LogP contribution in [-0.4, -0.2) is 35.1 Å². The number of urea groups is 1. The van der Waals surface area contributed by atoms with E-state index in [2.05, 4.69) is 5.32 Å². The van der Waals surface area contributed by atoms with Crippen molar-refractivity contribution in [3.05, 3.63) is 23.7 Å². The Hall–Kier alpha value is -1.98. The summed E-state index contributed by atoms with van der Waals surface area (Å²) in [4.78, 5) is 23.3. The van der Waals surface area contributed by atoms with Gasteiger partial charge in [-0.05, 0) is 6.07 Å². The number of amides is 2. The molecule has 15 heavy (non-hydrogen) atoms. The highest BCUT2D eigenvalue weighted by Gasteiger charge is 2.21. The predicted octanol–water partition coefficient (Wildman–Crippen LogP) is 0.503. The first-order valence-corrected chi connectivity index (χ1v) is 4.50. The minimum Gasteiger partial charge on any atom is -0.478 e. The second-order valence-electron chi connectivity index (χ2n) is 3.26. The van der Waals surface area contributed by atoms with Gasteiger partial charge < -0.3 is 19.7 Å². The highest BCUT2D eigenvalue weighted by Crippen LogP contribution is 2.11. The van der Waals surface area contributed by atoms with Crippen molar-refractivity contribution < 1.29 is 19.1 Å². The lowest BCUT2D eigenvalue weighted by Crippen LogP contribution is -2.27. The Morgan fingerprint density at radius 2 is 2.47 bits per heavy atom. The highest BCUT2D eigenvalue weighted by molar-refractivity contribution is 5.87. The van der Waals surface area contributed by atoms with E-state index in [0.717, 1.165) is 0 Å². The first-order chi connectivity index (χ1) is 7.16. The van der Waals surface area contributed by atoms with E-state index in [4.69, 9.17) is 9.52 Å². The zero-order valence-electron chi connectivity index (χ0n) is 7.90. The maximum absolute atomic E-state index is 11.2. The maximum Gasteiger partial charge on any atom is 0.338 e. The molecule has 0 radical (unpaired) electrons. The zero-order chi connectivity index (χ0) is 10.8. The number of hydrogen-bond donors (Lipinski definition) is 2. The normalized spacial score (nSPS) is 15.5. The van der Waals surface area contributed by atoms with E-state index in [1.807, 2.05) is 0 Å². The van der Waals surface area contributed by atoms with E-state index < -0.39 is 5.97 Å². The van der Waals surface area contributed by atoms with Crippen molar-refractivity contribution >= 4 is 12.0 Å². The number of carbonyl (C=O) groups is 2. The molecule has 0 spiro atoms. The number of nitrogens with one attached hydrogen (secondary N) is 1. The van der Waals surface area contributed by atoms with Crippen molar-refractivity contribution in [2.75, 3.05) is 13.1 Å². The first-order valence-electron chi connectivity index (χ1n) is 4.50. The molecule has 1 saturated heterocycles. The van der Waals surface area contributed by atoms with E-state index in [1.54, 1.807) is 4.90 Å². The van der Waals surface area contributed by atoms with Crippen LogP contribution in [0.1, 0.15) is 16.1 Å². The number of aromatic carboxylic acids is 1. The summed E-state index contributed by atoms with van der Waals surface area (Å²) in [5.41, 5.74) is 0.101. The summed E-state index contributed by atoms with van der Waals surface area (Å²) in [5, 5.41) is 11.3. The van der Waals surface area contributed by atoms with Crippen LogP contribution in [0.15, 0.2) is 16.7 Å². The van der Waals surface area contributed by atoms with Crippen LogP contribution in [-0.2, 0) is 6.54 Å². The van der Waals surface area contributed by atoms with Gasteiger partial charge in [0.15, 0.2) is 0 Å². The molecular weight excluding hydrogens is 200 g/mol. The van der Waals surface area contributed by atoms with Gasteiger partial charge in [-0.1, -0.05) is 0 Å². The Morgan fingerprint density at radius 3 is 3.00 bits per heavy atom. The molecule has 2 rings (SSSR count). The molecular formula is C9H10N2O4. The van der Waals surface area contributed by atoms with Gasteiger partial charge in [-0.25, -0.2) is 9.59 Å². The van der Waals surface area contributed by atoms with E-state index >= 15 is 0 Å². The highest BCUT2D eigenvalue weighted by atomic mass is 16.4. The van der Waals surface area contributed by atoms with Gasteiger partial charge in [0.2, 0.25) is 0 Å². The molecule has 0 atom stereocenters. The fraction of sp³-hybridized carbons (Fsp3) is 0.333. The van der Waals surface area contributed by atoms with Crippen LogP contribution < -0.4 is 5.32 Å². The first kappa shape index (κ1) is 9.57. The fourth-order valence-corrected chi connectivity index (χ4v) is 1.43. The van der Waals surface area contributed by atoms with Crippen molar-refractivity contribution in [1.29, 1.82) is 0 Å². The summed E-state index contributed by atoms with van der Waals surface area (Å²) in [6, 6.07) is 1.27. The van der Waals surface area contributed by atoms with Crippen molar-refractivity contribution in [2.24, 2.45) is 0 Å². The predicted molar refractivity (Wildman–Crippen MR) is 49.5 cm³/mol. The summed E-state index contributed by atoms with van der Waals surface area (Å²) in [7, 11) is 0. The molecule has 0 bridgehead atoms. The SMILES string of the molecule is O=C(O)c1coc(CN2CCNC2=O)c1. The number of hydrogen-bond acceptors (Lipinski definition) is 3. The third-order valence-electron chi connectivity index (χ3n) is 2.19. The molecule has 0 aliphatic carbocycles. The molecule has 1 aliphatic heterocycles. The van der Waals surface area contributed by atoms with Gasteiger partial charge in [0.25, 0.3) is 0 Å². The second kappa shape index (κ2) is 3.64. The molecule has 6 heteroatoms. The van der Waals surface area contributed by atoms with Gasteiger partial charge in [-0.15, -0.1) is 0 Å². The van der Waals surface area contributed by atoms with Gasteiger partial charge in [-0.3, -0.25) is 0 Å². The van der Waals surface area contributed by atoms with E-state index in [-0.39, 0.29) is 11.6 Å². The van der Waals surface area contributed by atoms with Crippen molar-refractivity contribution in [2.45, 2.75) is 6.54 Å². The quantitative estimate of drug-likeness (QED) is 0.761. The summed E-state index contributed by atoms with van der Waals surface area (Å²) in [6.45, 7) is 1.53. The van der Waals surface area contributed by atoms with E-state index in [0.29, 0.717) is 25.4 Å². The lowest BCUT2D eigenvalue weighted by atomic mass is 10.3. The third-order valence-corrected chi connectivity index (χ3v) is 2.19. The Morgan fingerprint density at radius 1 is 1.67 bits per heavy atom. The summed E-state index contributed by atoms with van der Waals surface area (Å²) >= 11 is 0. The fourth-order valence-electron chi connectivity index (χ4n) is 1.43. The van der Waals surface area contributed by atoms with Gasteiger partial charge in [0, 0.05) is 13.1 Å². The molecule has 1 aromatic rings. The molecule has 2 amide bonds. The van der Waals surface area contributed by atoms with E-state index in [9.17, 15) is 9.59 Å². The largest absolute Gasteiger partial charge is 0.478 e. The van der Waals surface area contributed by atoms with Crippen LogP contribution in [0.4, 0.5) is 4.79 Å². The van der Waals surface area contributed by atoms with Crippen molar-refractivity contribution in [3.8, 4) is 0 Å². The second-order valence-corrected chi connectivity index (χ2v) is 3.26. The van der Waals surface area contributed by atoms with Crippen LogP contribution in [0.25, 0.3) is 0 Å². The molecule has 0 aromatic carbocycles. The molecule has 1 fully saturated rings. The minimum absolute atomic E-state index is 0.101. The lowest BCUT2D eigenvalue weighted by molar-refractivity contribution is 0.0696. The van der Waals surface area contributed by atoms with Gasteiger partial charge >= 0.3 is 12.0 Å². The number of carboxylic acid groups (broad SMARTS) is 1. The van der Waals surface area contributed by atoms with Gasteiger partial charge in [-0.2, -0.15) is 0 Å². The molecule has 2 N–H and O–H groups in total. The molecule has 1 aromatic heterocycles. The molecule has 2 heterocycles. The van der Waals surface area contributed by atoms with Crippen LogP contribution in [0.3, 0.4) is 0 Å². The van der Waals surface area contributed by atoms with Gasteiger partial charge in [0.05, 0.1) is 12.1 Å². The number of carboxylic acids is 1. The molecule has 0 unspecified atom stereocenters. The van der Waals surface area contributed by atoms with Crippen molar-refractivity contribution in [1.82, 2.24) is 10.2 Å². The zero-order valence-corrected chi connectivity index (χ0v) is 7.90. The van der Waals surface area contributed by atoms with Crippen LogP contribution >= 0.6 is 0 Å². The molecule has 80 valence electrons. The number of nitrogens with zero attached hydrogens (tertiary/aromatic N) is 1. The Kier molecular flexibility index (Phi) is 2.32. The maximum atomic E-state index is 11.2. The van der Waals surface area contributed by atoms with Crippen LogP contribution in [0.5, 0.6) is 0 Å². The Bertz CT molecular complexity index is 399. The summed E-state index contributed by atoms with van der Waals surface area (Å²) < 4.78 is 5.03. The minimum atomic E-state index is -1.03. The smallest absolute Gasteiger partial charge is 0.338 e. The average Bonchev–Trinajstić information content (AvgIpc) is 2.77. The van der Waals surface area contributed by atoms with Crippen LogP contribution in [0.2, 0.25) is 0 Å². The lowest BCUT2D eigenvalue weighted by Gasteiger charge is -2.10. The number of carbonyl (C=O) groups excluding carboxylic acids is 1. The molecule has 1 aliphatic rings. The number of rotatable bonds is 3. The standard InChI is InChI=1S/C9H10N2O4/c12-8(13)6-3-7(15-5-6)4-11-2-1-10-9(11)14/h3,5H,1-2,4H2,(H,10,14)(H,12,13). The van der Waals surface area contributed by atoms with Crippen molar-refractivity contribution in [3.63, 3.8) is 0 Å². The average molecular weight is 210 g/mol.